The van der Waals surface area contributed by atoms with Crippen molar-refractivity contribution in [1.29, 1.82) is 0 Å². The highest BCUT2D eigenvalue weighted by Crippen LogP contribution is 2.29. The average molecular weight is 273 g/mol. The summed E-state index contributed by atoms with van der Waals surface area (Å²) in [4.78, 5) is 10.5. The van der Waals surface area contributed by atoms with Crippen LogP contribution in [-0.2, 0) is 4.74 Å². The van der Waals surface area contributed by atoms with Crippen molar-refractivity contribution >= 4 is 23.0 Å². The molecule has 0 saturated heterocycles. The molecule has 0 saturated carbocycles. The first kappa shape index (κ1) is 14.7. The van der Waals surface area contributed by atoms with Gasteiger partial charge in [0.05, 0.1) is 17.6 Å². The maximum atomic E-state index is 11.0. The molecular weight excluding hydrogens is 256 g/mol. The number of nitrogens with one attached hydrogen (secondary N) is 1. The first-order chi connectivity index (χ1) is 8.45. The number of hydrogen-bond donors (Lipinski definition) is 1. The van der Waals surface area contributed by atoms with Crippen LogP contribution >= 0.6 is 11.6 Å². The SMILES string of the molecule is COCC(Nc1ccc(Cl)cc1[N+](=O)[O-])C(C)C. The minimum atomic E-state index is -0.446. The van der Waals surface area contributed by atoms with Gasteiger partial charge in [-0.05, 0) is 18.1 Å². The lowest BCUT2D eigenvalue weighted by Gasteiger charge is -2.22. The molecule has 1 unspecified atom stereocenters. The predicted molar refractivity (Wildman–Crippen MR) is 72.2 cm³/mol. The zero-order valence-electron chi connectivity index (χ0n) is 10.6. The highest BCUT2D eigenvalue weighted by Gasteiger charge is 2.19. The van der Waals surface area contributed by atoms with Crippen LogP contribution in [0.15, 0.2) is 18.2 Å². The smallest absolute Gasteiger partial charge is 0.293 e. The van der Waals surface area contributed by atoms with Crippen molar-refractivity contribution < 1.29 is 9.66 Å². The van der Waals surface area contributed by atoms with Crippen LogP contribution in [0.1, 0.15) is 13.8 Å². The van der Waals surface area contributed by atoms with E-state index >= 15 is 0 Å². The van der Waals surface area contributed by atoms with Crippen LogP contribution in [0.3, 0.4) is 0 Å². The summed E-state index contributed by atoms with van der Waals surface area (Å²) in [5.41, 5.74) is 0.435. The Kier molecular flexibility index (Phi) is 5.37. The number of anilines is 1. The highest BCUT2D eigenvalue weighted by molar-refractivity contribution is 6.30. The lowest BCUT2D eigenvalue weighted by atomic mass is 10.0. The van der Waals surface area contributed by atoms with E-state index in [9.17, 15) is 10.1 Å². The van der Waals surface area contributed by atoms with E-state index in [1.807, 2.05) is 13.8 Å². The number of rotatable bonds is 6. The molecule has 0 heterocycles. The van der Waals surface area contributed by atoms with Crippen molar-refractivity contribution in [3.63, 3.8) is 0 Å². The fraction of sp³-hybridized carbons (Fsp3) is 0.500. The lowest BCUT2D eigenvalue weighted by Crippen LogP contribution is -2.30. The number of benzene rings is 1. The maximum absolute atomic E-state index is 11.0. The molecule has 100 valence electrons. The summed E-state index contributed by atoms with van der Waals surface area (Å²) in [5, 5.41) is 14.4. The van der Waals surface area contributed by atoms with E-state index in [-0.39, 0.29) is 11.7 Å². The first-order valence-corrected chi connectivity index (χ1v) is 6.03. The van der Waals surface area contributed by atoms with Gasteiger partial charge in [0.1, 0.15) is 5.69 Å². The van der Waals surface area contributed by atoms with E-state index in [0.29, 0.717) is 23.2 Å². The summed E-state index contributed by atoms with van der Waals surface area (Å²) in [6.07, 6.45) is 0. The topological polar surface area (TPSA) is 64.4 Å². The molecule has 0 fully saturated rings. The van der Waals surface area contributed by atoms with E-state index in [1.54, 1.807) is 19.2 Å². The third-order valence-corrected chi connectivity index (χ3v) is 2.88. The second-order valence-corrected chi connectivity index (χ2v) is 4.81. The molecular formula is C12H17ClN2O3. The first-order valence-electron chi connectivity index (χ1n) is 5.65. The van der Waals surface area contributed by atoms with Crippen LogP contribution in [-0.4, -0.2) is 24.7 Å². The minimum Gasteiger partial charge on any atom is -0.383 e. The van der Waals surface area contributed by atoms with Gasteiger partial charge in [-0.15, -0.1) is 0 Å². The number of methoxy groups -OCH3 is 1. The monoisotopic (exact) mass is 272 g/mol. The molecule has 1 atom stereocenters. The fourth-order valence-electron chi connectivity index (χ4n) is 1.56. The summed E-state index contributed by atoms with van der Waals surface area (Å²) in [7, 11) is 1.60. The second-order valence-electron chi connectivity index (χ2n) is 4.37. The Morgan fingerprint density at radius 2 is 2.17 bits per heavy atom. The Morgan fingerprint density at radius 1 is 1.50 bits per heavy atom. The largest absolute Gasteiger partial charge is 0.383 e. The Labute approximate surface area is 111 Å². The molecule has 0 aromatic heterocycles. The minimum absolute atomic E-state index is 0.00914. The Hall–Kier alpha value is -1.33. The Balaban J connectivity index is 2.98. The summed E-state index contributed by atoms with van der Waals surface area (Å²) < 4.78 is 5.10. The molecule has 1 aromatic rings. The molecule has 18 heavy (non-hydrogen) atoms. The summed E-state index contributed by atoms with van der Waals surface area (Å²) >= 11 is 5.76. The molecule has 0 amide bonds. The van der Waals surface area contributed by atoms with E-state index in [0.717, 1.165) is 0 Å². The number of nitrogens with zero attached hydrogens (tertiary/aromatic N) is 1. The summed E-state index contributed by atoms with van der Waals surface area (Å²) in [6.45, 7) is 4.54. The van der Waals surface area contributed by atoms with Gasteiger partial charge in [-0.1, -0.05) is 25.4 Å². The number of halogens is 1. The molecule has 6 heteroatoms. The molecule has 0 bridgehead atoms. The van der Waals surface area contributed by atoms with Crippen molar-refractivity contribution in [2.24, 2.45) is 5.92 Å². The van der Waals surface area contributed by atoms with E-state index in [2.05, 4.69) is 5.32 Å². The summed E-state index contributed by atoms with van der Waals surface area (Å²) in [5.74, 6) is 0.292. The number of ether oxygens (including phenoxy) is 1. The van der Waals surface area contributed by atoms with Gasteiger partial charge in [0.25, 0.3) is 5.69 Å². The van der Waals surface area contributed by atoms with Crippen LogP contribution in [0, 0.1) is 16.0 Å². The molecule has 0 aliphatic carbocycles. The van der Waals surface area contributed by atoms with Gasteiger partial charge < -0.3 is 10.1 Å². The molecule has 5 nitrogen and oxygen atoms in total. The van der Waals surface area contributed by atoms with Crippen LogP contribution in [0.25, 0.3) is 0 Å². The molecule has 0 radical (unpaired) electrons. The zero-order valence-corrected chi connectivity index (χ0v) is 11.4. The van der Waals surface area contributed by atoms with Crippen LogP contribution in [0.5, 0.6) is 0 Å². The molecule has 0 aliphatic heterocycles. The third-order valence-electron chi connectivity index (χ3n) is 2.65. The van der Waals surface area contributed by atoms with Gasteiger partial charge >= 0.3 is 0 Å². The normalized spacial score (nSPS) is 12.5. The zero-order chi connectivity index (χ0) is 13.7. The van der Waals surface area contributed by atoms with Gasteiger partial charge in [0, 0.05) is 18.2 Å². The van der Waals surface area contributed by atoms with Gasteiger partial charge in [-0.2, -0.15) is 0 Å². The number of nitro groups is 1. The maximum Gasteiger partial charge on any atom is 0.293 e. The van der Waals surface area contributed by atoms with E-state index in [4.69, 9.17) is 16.3 Å². The van der Waals surface area contributed by atoms with Crippen LogP contribution < -0.4 is 5.32 Å². The highest BCUT2D eigenvalue weighted by atomic mass is 35.5. The van der Waals surface area contributed by atoms with Crippen molar-refractivity contribution in [3.8, 4) is 0 Å². The van der Waals surface area contributed by atoms with Crippen LogP contribution in [0.2, 0.25) is 5.02 Å². The standard InChI is InChI=1S/C12H17ClN2O3/c1-8(2)11(7-18-3)14-10-5-4-9(13)6-12(10)15(16)17/h4-6,8,11,14H,7H2,1-3H3. The number of hydrogen-bond acceptors (Lipinski definition) is 4. The van der Waals surface area contributed by atoms with E-state index in [1.165, 1.54) is 6.07 Å². The number of nitro benzene ring substituents is 1. The Bertz CT molecular complexity index is 424. The predicted octanol–water partition coefficient (Wildman–Crippen LogP) is 3.33. The average Bonchev–Trinajstić information content (AvgIpc) is 2.30. The van der Waals surface area contributed by atoms with Crippen molar-refractivity contribution in [3.05, 3.63) is 33.3 Å². The quantitative estimate of drug-likeness (QED) is 0.637. The second kappa shape index (κ2) is 6.56. The molecule has 1 aromatic carbocycles. The van der Waals surface area contributed by atoms with Gasteiger partial charge in [-0.25, -0.2) is 0 Å². The molecule has 0 aliphatic rings. The Morgan fingerprint density at radius 3 is 2.67 bits per heavy atom. The van der Waals surface area contributed by atoms with Gasteiger partial charge in [0.2, 0.25) is 0 Å². The van der Waals surface area contributed by atoms with Crippen LogP contribution in [0.4, 0.5) is 11.4 Å². The van der Waals surface area contributed by atoms with Gasteiger partial charge in [-0.3, -0.25) is 10.1 Å². The summed E-state index contributed by atoms with van der Waals surface area (Å²) in [6, 6.07) is 4.59. The lowest BCUT2D eigenvalue weighted by molar-refractivity contribution is -0.384. The fourth-order valence-corrected chi connectivity index (χ4v) is 1.72. The van der Waals surface area contributed by atoms with Gasteiger partial charge in [0.15, 0.2) is 0 Å². The molecule has 1 N–H and O–H groups in total. The van der Waals surface area contributed by atoms with Crippen molar-refractivity contribution in [2.75, 3.05) is 19.0 Å². The molecule has 0 spiro atoms. The molecule has 1 rings (SSSR count). The third kappa shape index (κ3) is 3.85. The van der Waals surface area contributed by atoms with E-state index < -0.39 is 4.92 Å². The van der Waals surface area contributed by atoms with Crippen molar-refractivity contribution in [1.82, 2.24) is 0 Å². The van der Waals surface area contributed by atoms with Crippen molar-refractivity contribution in [2.45, 2.75) is 19.9 Å².